The van der Waals surface area contributed by atoms with E-state index in [9.17, 15) is 9.59 Å². The number of rotatable bonds is 3. The zero-order valence-electron chi connectivity index (χ0n) is 19.3. The molecule has 1 fully saturated rings. The van der Waals surface area contributed by atoms with Gasteiger partial charge < -0.3 is 14.5 Å². The highest BCUT2D eigenvalue weighted by Crippen LogP contribution is 2.35. The highest BCUT2D eigenvalue weighted by atomic mass is 16.5. The molecule has 0 unspecified atom stereocenters. The molecule has 0 radical (unpaired) electrons. The van der Waals surface area contributed by atoms with Crippen molar-refractivity contribution in [1.29, 1.82) is 0 Å². The van der Waals surface area contributed by atoms with E-state index in [1.807, 2.05) is 82.3 Å². The minimum Gasteiger partial charge on any atom is -0.476 e. The molecule has 2 aliphatic heterocycles. The van der Waals surface area contributed by atoms with Gasteiger partial charge in [-0.3, -0.25) is 14.2 Å². The quantitative estimate of drug-likeness (QED) is 0.448. The first-order chi connectivity index (χ1) is 17.2. The van der Waals surface area contributed by atoms with Gasteiger partial charge in [-0.1, -0.05) is 24.3 Å². The molecule has 0 N–H and O–H groups in total. The normalized spacial score (nSPS) is 17.7. The summed E-state index contributed by atoms with van der Waals surface area (Å²) in [4.78, 5) is 34.8. The van der Waals surface area contributed by atoms with Crippen LogP contribution in [0.4, 0.5) is 5.69 Å². The van der Waals surface area contributed by atoms with Gasteiger partial charge in [0.1, 0.15) is 12.1 Å². The van der Waals surface area contributed by atoms with E-state index in [2.05, 4.69) is 4.98 Å². The fourth-order valence-corrected chi connectivity index (χ4v) is 4.96. The molecule has 2 aliphatic rings. The summed E-state index contributed by atoms with van der Waals surface area (Å²) in [7, 11) is 0. The number of carbonyl (C=O) groups excluding carboxylic acids is 2. The van der Waals surface area contributed by atoms with E-state index >= 15 is 0 Å². The van der Waals surface area contributed by atoms with Gasteiger partial charge in [0.15, 0.2) is 6.10 Å². The molecule has 6 rings (SSSR count). The van der Waals surface area contributed by atoms with Crippen molar-refractivity contribution in [2.75, 3.05) is 24.5 Å². The van der Waals surface area contributed by atoms with Crippen LogP contribution >= 0.6 is 0 Å². The predicted octanol–water partition coefficient (Wildman–Crippen LogP) is 4.45. The van der Waals surface area contributed by atoms with Crippen LogP contribution in [0.15, 0.2) is 79.1 Å². The number of anilines is 1. The number of benzene rings is 3. The molecule has 0 aliphatic carbocycles. The summed E-state index contributed by atoms with van der Waals surface area (Å²) < 4.78 is 8.08. The molecule has 4 aromatic rings. The molecule has 7 nitrogen and oxygen atoms in total. The largest absolute Gasteiger partial charge is 0.476 e. The molecule has 3 heterocycles. The molecule has 176 valence electrons. The van der Waals surface area contributed by atoms with Crippen molar-refractivity contribution in [3.8, 4) is 11.4 Å². The second-order valence-corrected chi connectivity index (χ2v) is 9.03. The fraction of sp³-hybridized carbons (Fsp3) is 0.250. The number of piperidine rings is 1. The lowest BCUT2D eigenvalue weighted by Crippen LogP contribution is -2.52. The molecule has 0 spiro atoms. The maximum absolute atomic E-state index is 13.6. The molecule has 35 heavy (non-hydrogen) atoms. The molecular formula is C28H26N4O3. The van der Waals surface area contributed by atoms with E-state index in [0.29, 0.717) is 17.0 Å². The molecule has 2 amide bonds. The summed E-state index contributed by atoms with van der Waals surface area (Å²) in [5.41, 5.74) is 4.09. The number of likely N-dealkylation sites (tertiary alicyclic amines) is 1. The van der Waals surface area contributed by atoms with Crippen LogP contribution in [0.5, 0.6) is 5.75 Å². The smallest absolute Gasteiger partial charge is 0.265 e. The van der Waals surface area contributed by atoms with Crippen molar-refractivity contribution in [3.05, 3.63) is 84.7 Å². The second-order valence-electron chi connectivity index (χ2n) is 9.03. The lowest BCUT2D eigenvalue weighted by atomic mass is 10.1. The van der Waals surface area contributed by atoms with Crippen molar-refractivity contribution < 1.29 is 14.3 Å². The third-order valence-electron chi connectivity index (χ3n) is 6.81. The topological polar surface area (TPSA) is 67.7 Å². The lowest BCUT2D eigenvalue weighted by molar-refractivity contribution is -0.139. The predicted molar refractivity (Wildman–Crippen MR) is 134 cm³/mol. The molecule has 1 saturated heterocycles. The summed E-state index contributed by atoms with van der Waals surface area (Å²) in [6.45, 7) is 1.69. The number of imidazole rings is 1. The molecule has 1 atom stereocenters. The Kier molecular flexibility index (Phi) is 5.45. The molecule has 0 bridgehead atoms. The van der Waals surface area contributed by atoms with Gasteiger partial charge in [-0.05, 0) is 67.8 Å². The molecule has 0 saturated carbocycles. The summed E-state index contributed by atoms with van der Waals surface area (Å²) in [6.07, 6.45) is 4.25. The summed E-state index contributed by atoms with van der Waals surface area (Å²) in [5.74, 6) is 0.363. The van der Waals surface area contributed by atoms with Gasteiger partial charge in [0.2, 0.25) is 0 Å². The maximum atomic E-state index is 13.6. The molecular weight excluding hydrogens is 440 g/mol. The highest BCUT2D eigenvalue weighted by molar-refractivity contribution is 6.08. The fourth-order valence-electron chi connectivity index (χ4n) is 4.96. The lowest BCUT2D eigenvalue weighted by Gasteiger charge is -2.37. The summed E-state index contributed by atoms with van der Waals surface area (Å²) in [5, 5.41) is 0. The summed E-state index contributed by atoms with van der Waals surface area (Å²) >= 11 is 0. The number of ether oxygens (including phenoxy) is 1. The Bertz CT molecular complexity index is 1390. The number of para-hydroxylation sites is 4. The number of fused-ring (bicyclic) bond motifs is 2. The molecule has 7 heteroatoms. The molecule has 1 aromatic heterocycles. The Balaban J connectivity index is 1.28. The zero-order chi connectivity index (χ0) is 23.8. The van der Waals surface area contributed by atoms with Gasteiger partial charge in [-0.2, -0.15) is 0 Å². The number of carbonyl (C=O) groups is 2. The van der Waals surface area contributed by atoms with Gasteiger partial charge in [0.25, 0.3) is 11.8 Å². The first-order valence-electron chi connectivity index (χ1n) is 12.1. The van der Waals surface area contributed by atoms with E-state index in [-0.39, 0.29) is 18.4 Å². The van der Waals surface area contributed by atoms with Crippen molar-refractivity contribution in [2.24, 2.45) is 0 Å². The van der Waals surface area contributed by atoms with Crippen LogP contribution in [0.25, 0.3) is 16.7 Å². The minimum absolute atomic E-state index is 0.0423. The van der Waals surface area contributed by atoms with E-state index in [1.165, 1.54) is 0 Å². The van der Waals surface area contributed by atoms with Crippen molar-refractivity contribution in [3.63, 3.8) is 0 Å². The Labute approximate surface area is 203 Å². The zero-order valence-corrected chi connectivity index (χ0v) is 19.3. The van der Waals surface area contributed by atoms with Gasteiger partial charge in [0, 0.05) is 24.3 Å². The first kappa shape index (κ1) is 21.4. The number of hydrogen-bond donors (Lipinski definition) is 0. The van der Waals surface area contributed by atoms with Crippen molar-refractivity contribution >= 4 is 28.5 Å². The van der Waals surface area contributed by atoms with Crippen LogP contribution in [0.2, 0.25) is 0 Å². The Morgan fingerprint density at radius 2 is 1.60 bits per heavy atom. The Hall–Kier alpha value is -4.13. The Morgan fingerprint density at radius 3 is 2.43 bits per heavy atom. The maximum Gasteiger partial charge on any atom is 0.265 e. The first-order valence-corrected chi connectivity index (χ1v) is 12.1. The highest BCUT2D eigenvalue weighted by Gasteiger charge is 2.36. The van der Waals surface area contributed by atoms with Crippen LogP contribution in [0.1, 0.15) is 29.6 Å². The SMILES string of the molecule is O=C([C@H]1CN(C(=O)c2ccc(-n3cnc4ccccc43)cc2)c2ccccc2O1)N1CCCCC1. The van der Waals surface area contributed by atoms with Gasteiger partial charge in [-0.15, -0.1) is 0 Å². The van der Waals surface area contributed by atoms with E-state index < -0.39 is 6.10 Å². The average Bonchev–Trinajstić information content (AvgIpc) is 3.36. The second kappa shape index (κ2) is 8.91. The van der Waals surface area contributed by atoms with Crippen LogP contribution < -0.4 is 9.64 Å². The number of hydrogen-bond acceptors (Lipinski definition) is 4. The van der Waals surface area contributed by atoms with E-state index in [1.54, 1.807) is 11.2 Å². The van der Waals surface area contributed by atoms with E-state index in [0.717, 1.165) is 49.1 Å². The van der Waals surface area contributed by atoms with Crippen LogP contribution in [-0.2, 0) is 4.79 Å². The monoisotopic (exact) mass is 466 g/mol. The average molecular weight is 467 g/mol. The molecule has 3 aromatic carbocycles. The number of aromatic nitrogens is 2. The van der Waals surface area contributed by atoms with Crippen molar-refractivity contribution in [1.82, 2.24) is 14.5 Å². The third-order valence-corrected chi connectivity index (χ3v) is 6.81. The van der Waals surface area contributed by atoms with E-state index in [4.69, 9.17) is 4.74 Å². The van der Waals surface area contributed by atoms with Gasteiger partial charge in [-0.25, -0.2) is 4.98 Å². The Morgan fingerprint density at radius 1 is 0.857 bits per heavy atom. The third kappa shape index (κ3) is 3.93. The number of nitrogens with zero attached hydrogens (tertiary/aromatic N) is 4. The van der Waals surface area contributed by atoms with Gasteiger partial charge >= 0.3 is 0 Å². The standard InChI is InChI=1S/C28H26N4O3/c33-27(20-12-14-21(15-13-20)32-19-29-22-8-2-3-9-23(22)32)31-18-26(28(34)30-16-6-1-7-17-30)35-25-11-5-4-10-24(25)31/h2-5,8-15,19,26H,1,6-7,16-18H2/t26-/m1/s1. The van der Waals surface area contributed by atoms with Crippen LogP contribution in [-0.4, -0.2) is 52.0 Å². The van der Waals surface area contributed by atoms with Crippen LogP contribution in [0, 0.1) is 0 Å². The van der Waals surface area contributed by atoms with Crippen LogP contribution in [0.3, 0.4) is 0 Å². The minimum atomic E-state index is -0.705. The summed E-state index contributed by atoms with van der Waals surface area (Å²) in [6, 6.07) is 22.8. The van der Waals surface area contributed by atoms with Crippen molar-refractivity contribution in [2.45, 2.75) is 25.4 Å². The number of amides is 2. The van der Waals surface area contributed by atoms with Gasteiger partial charge in [0.05, 0.1) is 23.3 Å².